The van der Waals surface area contributed by atoms with E-state index in [0.717, 1.165) is 29.7 Å². The van der Waals surface area contributed by atoms with Crippen LogP contribution < -0.4 is 4.90 Å². The molecule has 0 unspecified atom stereocenters. The Balaban J connectivity index is 2.17. The molecule has 4 nitrogen and oxygen atoms in total. The number of fused-ring (bicyclic) bond motifs is 1. The first-order valence-corrected chi connectivity index (χ1v) is 6.13. The molecule has 3 rings (SSSR count). The van der Waals surface area contributed by atoms with Crippen LogP contribution in [0.25, 0.3) is 10.9 Å². The highest BCUT2D eigenvalue weighted by Crippen LogP contribution is 2.28. The lowest BCUT2D eigenvalue weighted by Crippen LogP contribution is -2.17. The first-order valence-electron chi connectivity index (χ1n) is 6.13. The Morgan fingerprint density at radius 1 is 1.28 bits per heavy atom. The summed E-state index contributed by atoms with van der Waals surface area (Å²) in [5.41, 5.74) is 2.19. The number of hydrogen-bond acceptors (Lipinski definition) is 3. The van der Waals surface area contributed by atoms with Gasteiger partial charge < -0.3 is 10.0 Å². The van der Waals surface area contributed by atoms with Gasteiger partial charge in [0.2, 0.25) is 0 Å². The van der Waals surface area contributed by atoms with Crippen LogP contribution in [0.4, 0.5) is 5.69 Å². The summed E-state index contributed by atoms with van der Waals surface area (Å²) in [7, 11) is 0. The van der Waals surface area contributed by atoms with Gasteiger partial charge in [0.15, 0.2) is 0 Å². The Kier molecular flexibility index (Phi) is 2.63. The highest BCUT2D eigenvalue weighted by molar-refractivity contribution is 5.97. The molecule has 0 atom stereocenters. The smallest absolute Gasteiger partial charge is 0.337 e. The van der Waals surface area contributed by atoms with Crippen molar-refractivity contribution in [3.8, 4) is 0 Å². The van der Waals surface area contributed by atoms with Gasteiger partial charge in [0.1, 0.15) is 0 Å². The van der Waals surface area contributed by atoms with Gasteiger partial charge in [0.05, 0.1) is 11.1 Å². The van der Waals surface area contributed by atoms with E-state index in [2.05, 4.69) is 9.88 Å². The van der Waals surface area contributed by atoms with Gasteiger partial charge in [-0.3, -0.25) is 4.98 Å². The molecule has 0 saturated carbocycles. The molecule has 1 N–H and O–H groups in total. The summed E-state index contributed by atoms with van der Waals surface area (Å²) in [6.07, 6.45) is 3.81. The second-order valence-electron chi connectivity index (χ2n) is 4.57. The van der Waals surface area contributed by atoms with Crippen molar-refractivity contribution in [1.82, 2.24) is 4.98 Å². The third-order valence-corrected chi connectivity index (χ3v) is 3.40. The molecule has 92 valence electrons. The van der Waals surface area contributed by atoms with E-state index in [1.54, 1.807) is 6.07 Å². The molecule has 2 aromatic rings. The van der Waals surface area contributed by atoms with Crippen molar-refractivity contribution in [2.45, 2.75) is 12.8 Å². The van der Waals surface area contributed by atoms with E-state index in [4.69, 9.17) is 5.11 Å². The van der Waals surface area contributed by atoms with Crippen LogP contribution in [0.5, 0.6) is 0 Å². The number of hydrogen-bond donors (Lipinski definition) is 1. The molecule has 2 heterocycles. The number of nitrogens with zero attached hydrogens (tertiary/aromatic N) is 2. The summed E-state index contributed by atoms with van der Waals surface area (Å²) >= 11 is 0. The van der Waals surface area contributed by atoms with Crippen LogP contribution in [0, 0.1) is 0 Å². The number of rotatable bonds is 2. The molecular weight excluding hydrogens is 228 g/mol. The first kappa shape index (κ1) is 11.0. The van der Waals surface area contributed by atoms with E-state index in [1.807, 2.05) is 18.2 Å². The Bertz CT molecular complexity index is 604. The number of carboxylic acid groups (broad SMARTS) is 1. The minimum absolute atomic E-state index is 0.245. The minimum atomic E-state index is -0.930. The molecule has 0 amide bonds. The maximum absolute atomic E-state index is 11.0. The number of carbonyl (C=O) groups is 1. The third-order valence-electron chi connectivity index (χ3n) is 3.40. The minimum Gasteiger partial charge on any atom is -0.478 e. The molecule has 1 saturated heterocycles. The van der Waals surface area contributed by atoms with E-state index in [1.165, 1.54) is 19.0 Å². The van der Waals surface area contributed by atoms with Crippen molar-refractivity contribution >= 4 is 22.6 Å². The Morgan fingerprint density at radius 3 is 2.78 bits per heavy atom. The fourth-order valence-corrected chi connectivity index (χ4v) is 2.48. The van der Waals surface area contributed by atoms with Crippen molar-refractivity contribution in [3.63, 3.8) is 0 Å². The molecule has 0 aliphatic carbocycles. The summed E-state index contributed by atoms with van der Waals surface area (Å²) in [4.78, 5) is 17.6. The molecule has 18 heavy (non-hydrogen) atoms. The molecule has 0 spiro atoms. The zero-order valence-corrected chi connectivity index (χ0v) is 9.97. The second kappa shape index (κ2) is 4.29. The number of carboxylic acids is 1. The topological polar surface area (TPSA) is 53.4 Å². The van der Waals surface area contributed by atoms with Crippen LogP contribution >= 0.6 is 0 Å². The van der Waals surface area contributed by atoms with Gasteiger partial charge in [-0.05, 0) is 31.0 Å². The fourth-order valence-electron chi connectivity index (χ4n) is 2.48. The van der Waals surface area contributed by atoms with Crippen LogP contribution in [0.15, 0.2) is 30.5 Å². The average molecular weight is 242 g/mol. The van der Waals surface area contributed by atoms with Gasteiger partial charge in [-0.1, -0.05) is 6.07 Å². The van der Waals surface area contributed by atoms with Gasteiger partial charge in [0, 0.05) is 30.4 Å². The van der Waals surface area contributed by atoms with Gasteiger partial charge in [-0.2, -0.15) is 0 Å². The van der Waals surface area contributed by atoms with Crippen LogP contribution in [0.2, 0.25) is 0 Å². The molecule has 1 aromatic heterocycles. The SMILES string of the molecule is O=C(O)c1cnc2cccc(N3CCCC3)c2c1. The van der Waals surface area contributed by atoms with E-state index >= 15 is 0 Å². The quantitative estimate of drug-likeness (QED) is 0.879. The predicted molar refractivity (Wildman–Crippen MR) is 70.1 cm³/mol. The Hall–Kier alpha value is -2.10. The molecule has 1 fully saturated rings. The normalized spacial score (nSPS) is 15.2. The summed E-state index contributed by atoms with van der Waals surface area (Å²) < 4.78 is 0. The van der Waals surface area contributed by atoms with E-state index in [9.17, 15) is 4.79 Å². The van der Waals surface area contributed by atoms with Crippen LogP contribution in [-0.2, 0) is 0 Å². The standard InChI is InChI=1S/C14H14N2O2/c17-14(18)10-8-11-12(15-9-10)4-3-5-13(11)16-6-1-2-7-16/h3-5,8-9H,1-2,6-7H2,(H,17,18). The largest absolute Gasteiger partial charge is 0.478 e. The van der Waals surface area contributed by atoms with E-state index < -0.39 is 5.97 Å². The van der Waals surface area contributed by atoms with Gasteiger partial charge >= 0.3 is 5.97 Å². The van der Waals surface area contributed by atoms with Crippen molar-refractivity contribution in [3.05, 3.63) is 36.0 Å². The van der Waals surface area contributed by atoms with Crippen LogP contribution in [0.1, 0.15) is 23.2 Å². The van der Waals surface area contributed by atoms with Crippen molar-refractivity contribution in [2.75, 3.05) is 18.0 Å². The van der Waals surface area contributed by atoms with Crippen molar-refractivity contribution < 1.29 is 9.90 Å². The monoisotopic (exact) mass is 242 g/mol. The van der Waals surface area contributed by atoms with Crippen molar-refractivity contribution in [2.24, 2.45) is 0 Å². The molecular formula is C14H14N2O2. The zero-order chi connectivity index (χ0) is 12.5. The molecule has 0 radical (unpaired) electrons. The zero-order valence-electron chi connectivity index (χ0n) is 9.97. The summed E-state index contributed by atoms with van der Waals surface area (Å²) in [6.45, 7) is 2.08. The third kappa shape index (κ3) is 1.79. The molecule has 1 aliphatic rings. The summed E-state index contributed by atoms with van der Waals surface area (Å²) in [6, 6.07) is 7.66. The summed E-state index contributed by atoms with van der Waals surface area (Å²) in [5, 5.41) is 9.98. The van der Waals surface area contributed by atoms with Gasteiger partial charge in [0.25, 0.3) is 0 Å². The second-order valence-corrected chi connectivity index (χ2v) is 4.57. The number of anilines is 1. The molecule has 1 aliphatic heterocycles. The van der Waals surface area contributed by atoms with Crippen LogP contribution in [-0.4, -0.2) is 29.1 Å². The Morgan fingerprint density at radius 2 is 2.06 bits per heavy atom. The average Bonchev–Trinajstić information content (AvgIpc) is 2.91. The highest BCUT2D eigenvalue weighted by atomic mass is 16.4. The molecule has 4 heteroatoms. The van der Waals surface area contributed by atoms with Crippen LogP contribution in [0.3, 0.4) is 0 Å². The lowest BCUT2D eigenvalue weighted by atomic mass is 10.1. The predicted octanol–water partition coefficient (Wildman–Crippen LogP) is 2.53. The number of aromatic carboxylic acids is 1. The van der Waals surface area contributed by atoms with Gasteiger partial charge in [-0.15, -0.1) is 0 Å². The molecule has 0 bridgehead atoms. The highest BCUT2D eigenvalue weighted by Gasteiger charge is 2.16. The van der Waals surface area contributed by atoms with Crippen molar-refractivity contribution in [1.29, 1.82) is 0 Å². The van der Waals surface area contributed by atoms with E-state index in [-0.39, 0.29) is 5.56 Å². The number of pyridine rings is 1. The maximum atomic E-state index is 11.0. The number of aromatic nitrogens is 1. The number of benzene rings is 1. The summed E-state index contributed by atoms with van der Waals surface area (Å²) in [5.74, 6) is -0.930. The first-order chi connectivity index (χ1) is 8.75. The van der Waals surface area contributed by atoms with Gasteiger partial charge in [-0.25, -0.2) is 4.79 Å². The molecule has 1 aromatic carbocycles. The van der Waals surface area contributed by atoms with E-state index in [0.29, 0.717) is 0 Å². The lowest BCUT2D eigenvalue weighted by Gasteiger charge is -2.19. The lowest BCUT2D eigenvalue weighted by molar-refractivity contribution is 0.0696. The Labute approximate surface area is 105 Å². The maximum Gasteiger partial charge on any atom is 0.337 e. The fraction of sp³-hybridized carbons (Fsp3) is 0.286.